The summed E-state index contributed by atoms with van der Waals surface area (Å²) in [5, 5.41) is 2.19. The third-order valence-corrected chi connectivity index (χ3v) is 5.09. The van der Waals surface area contributed by atoms with Crippen molar-refractivity contribution >= 4 is 27.8 Å². The summed E-state index contributed by atoms with van der Waals surface area (Å²) in [6.45, 7) is 0. The highest BCUT2D eigenvalue weighted by molar-refractivity contribution is 7.90. The molecule has 0 spiro atoms. The van der Waals surface area contributed by atoms with Gasteiger partial charge in [-0.05, 0) is 53.9 Å². The molecular weight excluding hydrogens is 369 g/mol. The van der Waals surface area contributed by atoms with Crippen LogP contribution >= 0.6 is 0 Å². The molecule has 0 saturated heterocycles. The van der Waals surface area contributed by atoms with E-state index in [4.69, 9.17) is 0 Å². The van der Waals surface area contributed by atoms with Crippen molar-refractivity contribution in [3.05, 3.63) is 65.2 Å². The third kappa shape index (κ3) is 3.88. The molecule has 2 amide bonds. The minimum absolute atomic E-state index is 0.0313. The van der Waals surface area contributed by atoms with E-state index in [1.165, 1.54) is 12.1 Å². The average Bonchev–Trinajstić information content (AvgIpc) is 3.01. The van der Waals surface area contributed by atoms with Gasteiger partial charge in [-0.3, -0.25) is 0 Å². The molecule has 0 atom stereocenters. The number of sulfonamides is 1. The second kappa shape index (κ2) is 6.49. The highest BCUT2D eigenvalue weighted by Crippen LogP contribution is 2.29. The number of carbonyl (C=O) groups is 1. The SMILES string of the molecule is O=C(Nc1ccc(C(F)(F)F)cc1)NS(=O)(=O)c1ccc2c(c1)CC=C2. The van der Waals surface area contributed by atoms with Crippen LogP contribution in [0.1, 0.15) is 16.7 Å². The van der Waals surface area contributed by atoms with Crippen molar-refractivity contribution in [2.45, 2.75) is 17.5 Å². The highest BCUT2D eigenvalue weighted by Gasteiger charge is 2.30. The predicted molar refractivity (Wildman–Crippen MR) is 90.0 cm³/mol. The predicted octanol–water partition coefficient (Wildman–Crippen LogP) is 3.79. The number of benzene rings is 2. The maximum atomic E-state index is 12.5. The number of amides is 2. The van der Waals surface area contributed by atoms with Crippen LogP contribution in [0.25, 0.3) is 6.08 Å². The van der Waals surface area contributed by atoms with Crippen LogP contribution in [0.3, 0.4) is 0 Å². The molecule has 2 aromatic carbocycles. The monoisotopic (exact) mass is 382 g/mol. The Kier molecular flexibility index (Phi) is 4.49. The number of halogens is 3. The zero-order chi connectivity index (χ0) is 18.9. The summed E-state index contributed by atoms with van der Waals surface area (Å²) in [6, 6.07) is 7.08. The quantitative estimate of drug-likeness (QED) is 0.848. The number of hydrogen-bond donors (Lipinski definition) is 2. The first-order chi connectivity index (χ1) is 12.1. The minimum Gasteiger partial charge on any atom is -0.307 e. The van der Waals surface area contributed by atoms with E-state index in [0.717, 1.165) is 35.4 Å². The Balaban J connectivity index is 1.69. The van der Waals surface area contributed by atoms with E-state index in [1.807, 2.05) is 16.9 Å². The number of fused-ring (bicyclic) bond motifs is 1. The summed E-state index contributed by atoms with van der Waals surface area (Å²) >= 11 is 0. The number of hydrogen-bond acceptors (Lipinski definition) is 3. The molecule has 2 aromatic rings. The van der Waals surface area contributed by atoms with Gasteiger partial charge in [0.25, 0.3) is 10.0 Å². The number of rotatable bonds is 3. The summed E-state index contributed by atoms with van der Waals surface area (Å²) in [5.74, 6) is 0. The Labute approximate surface area is 147 Å². The maximum absolute atomic E-state index is 12.5. The highest BCUT2D eigenvalue weighted by atomic mass is 32.2. The third-order valence-electron chi connectivity index (χ3n) is 3.76. The first-order valence-corrected chi connectivity index (χ1v) is 8.94. The van der Waals surface area contributed by atoms with Gasteiger partial charge in [-0.15, -0.1) is 0 Å². The molecule has 0 aliphatic heterocycles. The number of alkyl halides is 3. The van der Waals surface area contributed by atoms with Crippen molar-refractivity contribution in [3.63, 3.8) is 0 Å². The molecule has 26 heavy (non-hydrogen) atoms. The molecule has 0 heterocycles. The maximum Gasteiger partial charge on any atom is 0.416 e. The van der Waals surface area contributed by atoms with E-state index < -0.39 is 27.8 Å². The molecule has 1 aliphatic carbocycles. The van der Waals surface area contributed by atoms with E-state index in [2.05, 4.69) is 5.32 Å². The van der Waals surface area contributed by atoms with Crippen LogP contribution in [-0.4, -0.2) is 14.4 Å². The second-order valence-corrected chi connectivity index (χ2v) is 7.28. The second-order valence-electron chi connectivity index (χ2n) is 5.60. The Hall–Kier alpha value is -2.81. The number of allylic oxidation sites excluding steroid dienone is 1. The van der Waals surface area contributed by atoms with Crippen molar-refractivity contribution in [1.82, 2.24) is 4.72 Å². The molecule has 5 nitrogen and oxygen atoms in total. The molecule has 1 aliphatic rings. The fourth-order valence-corrected chi connectivity index (χ4v) is 3.44. The molecular formula is C17H13F3N2O3S. The van der Waals surface area contributed by atoms with Gasteiger partial charge in [0.1, 0.15) is 0 Å². The minimum atomic E-state index is -4.49. The van der Waals surface area contributed by atoms with Crippen LogP contribution in [0.2, 0.25) is 0 Å². The summed E-state index contributed by atoms with van der Waals surface area (Å²) in [4.78, 5) is 11.8. The van der Waals surface area contributed by atoms with Crippen LogP contribution in [0.15, 0.2) is 53.4 Å². The van der Waals surface area contributed by atoms with Gasteiger partial charge in [-0.1, -0.05) is 18.2 Å². The van der Waals surface area contributed by atoms with Crippen LogP contribution in [0, 0.1) is 0 Å². The normalized spacial score (nSPS) is 13.3. The number of urea groups is 1. The number of carbonyl (C=O) groups excluding carboxylic acids is 1. The summed E-state index contributed by atoms with van der Waals surface area (Å²) in [7, 11) is -4.10. The van der Waals surface area contributed by atoms with Crippen molar-refractivity contribution in [1.29, 1.82) is 0 Å². The van der Waals surface area contributed by atoms with Crippen molar-refractivity contribution in [2.75, 3.05) is 5.32 Å². The van der Waals surface area contributed by atoms with E-state index in [0.29, 0.717) is 6.42 Å². The first-order valence-electron chi connectivity index (χ1n) is 7.46. The van der Waals surface area contributed by atoms with E-state index in [1.54, 1.807) is 6.07 Å². The van der Waals surface area contributed by atoms with Gasteiger partial charge in [-0.25, -0.2) is 17.9 Å². The van der Waals surface area contributed by atoms with E-state index in [9.17, 15) is 26.4 Å². The summed E-state index contributed by atoms with van der Waals surface area (Å²) in [5.41, 5.74) is 0.904. The standard InChI is InChI=1S/C17H13F3N2O3S/c18-17(19,20)13-5-7-14(8-6-13)21-16(23)22-26(24,25)15-9-4-11-2-1-3-12(11)10-15/h1-2,4-10H,3H2,(H2,21,22,23). The van der Waals surface area contributed by atoms with Crippen LogP contribution < -0.4 is 10.0 Å². The molecule has 0 saturated carbocycles. The van der Waals surface area contributed by atoms with Gasteiger partial charge in [0.15, 0.2) is 0 Å². The molecule has 0 bridgehead atoms. The fraction of sp³-hybridized carbons (Fsp3) is 0.118. The Bertz CT molecular complexity index is 981. The summed E-state index contributed by atoms with van der Waals surface area (Å²) < 4.78 is 63.9. The molecule has 0 radical (unpaired) electrons. The number of nitrogens with one attached hydrogen (secondary N) is 2. The number of anilines is 1. The van der Waals surface area contributed by atoms with Gasteiger partial charge >= 0.3 is 12.2 Å². The smallest absolute Gasteiger partial charge is 0.307 e. The molecule has 2 N–H and O–H groups in total. The topological polar surface area (TPSA) is 75.3 Å². The van der Waals surface area contributed by atoms with E-state index >= 15 is 0 Å². The van der Waals surface area contributed by atoms with Crippen LogP contribution in [0.5, 0.6) is 0 Å². The fourth-order valence-electron chi connectivity index (χ4n) is 2.48. The van der Waals surface area contributed by atoms with Crippen molar-refractivity contribution in [2.24, 2.45) is 0 Å². The van der Waals surface area contributed by atoms with Gasteiger partial charge in [0.05, 0.1) is 10.5 Å². The van der Waals surface area contributed by atoms with Crippen molar-refractivity contribution in [3.8, 4) is 0 Å². The van der Waals surface area contributed by atoms with Gasteiger partial charge in [0, 0.05) is 5.69 Å². The largest absolute Gasteiger partial charge is 0.416 e. The zero-order valence-electron chi connectivity index (χ0n) is 13.2. The summed E-state index contributed by atoms with van der Waals surface area (Å²) in [6.07, 6.45) is -0.120. The first kappa shape index (κ1) is 18.0. The lowest BCUT2D eigenvalue weighted by Crippen LogP contribution is -2.34. The Morgan fingerprint density at radius 3 is 2.38 bits per heavy atom. The average molecular weight is 382 g/mol. The van der Waals surface area contributed by atoms with Gasteiger partial charge < -0.3 is 5.32 Å². The van der Waals surface area contributed by atoms with E-state index in [-0.39, 0.29) is 10.6 Å². The van der Waals surface area contributed by atoms with Crippen LogP contribution in [-0.2, 0) is 22.6 Å². The molecule has 3 rings (SSSR count). The Morgan fingerprint density at radius 2 is 1.73 bits per heavy atom. The van der Waals surface area contributed by atoms with Crippen LogP contribution in [0.4, 0.5) is 23.7 Å². The molecule has 9 heteroatoms. The molecule has 136 valence electrons. The zero-order valence-corrected chi connectivity index (χ0v) is 14.0. The molecule has 0 fully saturated rings. The lowest BCUT2D eigenvalue weighted by Gasteiger charge is -2.11. The van der Waals surface area contributed by atoms with Gasteiger partial charge in [0.2, 0.25) is 0 Å². The van der Waals surface area contributed by atoms with Gasteiger partial charge in [-0.2, -0.15) is 13.2 Å². The lowest BCUT2D eigenvalue weighted by molar-refractivity contribution is -0.137. The molecule has 0 unspecified atom stereocenters. The lowest BCUT2D eigenvalue weighted by atomic mass is 10.1. The van der Waals surface area contributed by atoms with Crippen molar-refractivity contribution < 1.29 is 26.4 Å². The molecule has 0 aromatic heterocycles. The Morgan fingerprint density at radius 1 is 1.04 bits per heavy atom.